The van der Waals surface area contributed by atoms with E-state index < -0.39 is 108 Å². The van der Waals surface area contributed by atoms with E-state index in [4.69, 9.17) is 5.73 Å². The summed E-state index contributed by atoms with van der Waals surface area (Å²) in [5.74, 6) is -6.58. The maximum atomic E-state index is 14.3. The minimum atomic E-state index is -1.58. The third kappa shape index (κ3) is 14.1. The number of nitrogens with one attached hydrogen (secondary N) is 7. The summed E-state index contributed by atoms with van der Waals surface area (Å²) in [4.78, 5) is 97.7. The van der Waals surface area contributed by atoms with Crippen molar-refractivity contribution in [2.24, 2.45) is 17.6 Å². The van der Waals surface area contributed by atoms with Gasteiger partial charge in [0.1, 0.15) is 42.0 Å². The fraction of sp³-hybridized carbons (Fsp3) is 0.444. The summed E-state index contributed by atoms with van der Waals surface area (Å²) in [6.45, 7) is 7.65. The Labute approximate surface area is 361 Å². The molecule has 3 aromatic rings. The molecule has 0 bridgehead atoms. The normalized spacial score (nSPS) is 22.4. The van der Waals surface area contributed by atoms with Crippen LogP contribution in [-0.2, 0) is 52.8 Å². The van der Waals surface area contributed by atoms with Crippen molar-refractivity contribution in [3.8, 4) is 5.75 Å². The second kappa shape index (κ2) is 23.0. The van der Waals surface area contributed by atoms with Gasteiger partial charge in [0.15, 0.2) is 0 Å². The number of phenolic OH excluding ortho intramolecular Hbond substituents is 1. The number of aromatic hydroxyl groups is 1. The Hall–Kier alpha value is -6.33. The molecule has 1 aliphatic rings. The third-order valence-electron chi connectivity index (χ3n) is 10.8. The number of aliphatic hydroxyl groups excluding tert-OH is 1. The molecule has 0 saturated carbocycles. The summed E-state index contributed by atoms with van der Waals surface area (Å²) in [5.41, 5.74) is 8.21. The van der Waals surface area contributed by atoms with Crippen molar-refractivity contribution in [1.82, 2.24) is 37.2 Å². The molecule has 4 rings (SSSR count). The van der Waals surface area contributed by atoms with Gasteiger partial charge in [-0.1, -0.05) is 107 Å². The lowest BCUT2D eigenvalue weighted by atomic mass is 9.96. The number of hydrogen-bond acceptors (Lipinski definition) is 10. The molecule has 0 radical (unpaired) electrons. The van der Waals surface area contributed by atoms with Crippen LogP contribution < -0.4 is 43.0 Å². The van der Waals surface area contributed by atoms with Crippen LogP contribution in [0.5, 0.6) is 5.75 Å². The number of carbonyl (C=O) groups is 7. The molecule has 1 fully saturated rings. The van der Waals surface area contributed by atoms with Gasteiger partial charge in [-0.25, -0.2) is 0 Å². The van der Waals surface area contributed by atoms with Crippen molar-refractivity contribution >= 4 is 41.4 Å². The summed E-state index contributed by atoms with van der Waals surface area (Å²) in [5, 5.41) is 39.2. The molecule has 3 aromatic carbocycles. The van der Waals surface area contributed by atoms with E-state index in [-0.39, 0.29) is 25.0 Å². The fourth-order valence-corrected chi connectivity index (χ4v) is 6.83. The van der Waals surface area contributed by atoms with E-state index in [1.165, 1.54) is 31.2 Å². The smallest absolute Gasteiger partial charge is 0.245 e. The van der Waals surface area contributed by atoms with Gasteiger partial charge >= 0.3 is 0 Å². The van der Waals surface area contributed by atoms with Crippen molar-refractivity contribution in [3.63, 3.8) is 0 Å². The minimum absolute atomic E-state index is 0.0321. The number of benzene rings is 3. The molecule has 334 valence electrons. The van der Waals surface area contributed by atoms with Crippen molar-refractivity contribution in [2.75, 3.05) is 6.54 Å². The molecule has 0 aromatic heterocycles. The SMILES string of the molecule is CC[C@H](C)[C@@H]1NC(=O)[C@@H](NC(=O)[C@@H](NC(=O)[C@@H](N)Cc2ccccc2)C(C)C)CNC(=O)[C@H](Cc2ccc(O)cc2)NC(=O)[C@H]([C@@H](C)O)NC(=O)[C@H](Cc2ccccc2)NC1=O. The molecule has 0 unspecified atom stereocenters. The lowest BCUT2D eigenvalue weighted by molar-refractivity contribution is -0.138. The van der Waals surface area contributed by atoms with Gasteiger partial charge in [0, 0.05) is 19.4 Å². The Bertz CT molecular complexity index is 2000. The summed E-state index contributed by atoms with van der Waals surface area (Å²) in [6, 6.07) is 14.5. The highest BCUT2D eigenvalue weighted by Gasteiger charge is 2.37. The predicted molar refractivity (Wildman–Crippen MR) is 231 cm³/mol. The Morgan fingerprint density at radius 1 is 0.677 bits per heavy atom. The van der Waals surface area contributed by atoms with Crippen molar-refractivity contribution in [1.29, 1.82) is 0 Å². The van der Waals surface area contributed by atoms with Gasteiger partial charge in [-0.15, -0.1) is 0 Å². The summed E-state index contributed by atoms with van der Waals surface area (Å²) in [6.07, 6.45) is -1.03. The number of phenols is 1. The topological polar surface area (TPSA) is 270 Å². The molecule has 0 spiro atoms. The number of nitrogens with two attached hydrogens (primary N) is 1. The van der Waals surface area contributed by atoms with E-state index in [9.17, 15) is 43.8 Å². The quantitative estimate of drug-likeness (QED) is 0.103. The van der Waals surface area contributed by atoms with E-state index in [2.05, 4.69) is 37.2 Å². The van der Waals surface area contributed by atoms with Crippen molar-refractivity contribution in [2.45, 2.75) is 109 Å². The number of carbonyl (C=O) groups excluding carboxylic acids is 7. The molecular weight excluding hydrogens is 797 g/mol. The Morgan fingerprint density at radius 3 is 1.74 bits per heavy atom. The first-order chi connectivity index (χ1) is 29.5. The van der Waals surface area contributed by atoms with Gasteiger partial charge in [0.05, 0.1) is 12.1 Å². The highest BCUT2D eigenvalue weighted by Crippen LogP contribution is 2.14. The monoisotopic (exact) mass is 856 g/mol. The zero-order chi connectivity index (χ0) is 45.5. The van der Waals surface area contributed by atoms with Crippen LogP contribution in [0.2, 0.25) is 0 Å². The second-order valence-corrected chi connectivity index (χ2v) is 16.1. The van der Waals surface area contributed by atoms with Crippen LogP contribution in [0.3, 0.4) is 0 Å². The average Bonchev–Trinajstić information content (AvgIpc) is 3.24. The molecule has 62 heavy (non-hydrogen) atoms. The Morgan fingerprint density at radius 2 is 1.19 bits per heavy atom. The standard InChI is InChI=1S/C45H60N8O9/c1-6-26(4)37-44(61)49-34(22-29-15-11-8-12-16-29)41(58)53-38(27(5)54)45(62)48-33(23-30-17-19-31(55)20-18-30)40(57)47-24-35(42(59)52-37)50-43(60)36(25(2)3)51-39(56)32(46)21-28-13-9-7-10-14-28/h7-20,25-27,32-38,54-55H,6,21-24,46H2,1-5H3,(H,47,57)(H,48,62)(H,49,61)(H,50,60)(H,51,56)(H,52,59)(H,53,58)/t26-,27+,32-,33-,34-,35-,36-,37-,38-/m0/s1. The number of rotatable bonds is 14. The number of hydrogen-bond donors (Lipinski definition) is 10. The second-order valence-electron chi connectivity index (χ2n) is 16.1. The zero-order valence-electron chi connectivity index (χ0n) is 35.7. The molecular formula is C45H60N8O9. The minimum Gasteiger partial charge on any atom is -0.508 e. The highest BCUT2D eigenvalue weighted by molar-refractivity contribution is 5.98. The van der Waals surface area contributed by atoms with Crippen LogP contribution in [0, 0.1) is 11.8 Å². The van der Waals surface area contributed by atoms with Crippen molar-refractivity contribution < 1.29 is 43.8 Å². The molecule has 17 nitrogen and oxygen atoms in total. The molecule has 17 heteroatoms. The lowest BCUT2D eigenvalue weighted by Crippen LogP contribution is -2.64. The van der Waals surface area contributed by atoms with Gasteiger partial charge in [-0.05, 0) is 54.0 Å². The van der Waals surface area contributed by atoms with Gasteiger partial charge in [0.2, 0.25) is 41.4 Å². The van der Waals surface area contributed by atoms with Crippen LogP contribution in [0.4, 0.5) is 0 Å². The molecule has 7 amide bonds. The zero-order valence-corrected chi connectivity index (χ0v) is 35.7. The summed E-state index contributed by atoms with van der Waals surface area (Å²) in [7, 11) is 0. The summed E-state index contributed by atoms with van der Waals surface area (Å²) >= 11 is 0. The van der Waals surface area contributed by atoms with E-state index in [1.807, 2.05) is 30.3 Å². The maximum Gasteiger partial charge on any atom is 0.245 e. The van der Waals surface area contributed by atoms with Crippen LogP contribution in [0.1, 0.15) is 57.7 Å². The summed E-state index contributed by atoms with van der Waals surface area (Å²) < 4.78 is 0. The van der Waals surface area contributed by atoms with Gasteiger partial charge in [0.25, 0.3) is 0 Å². The van der Waals surface area contributed by atoms with Crippen LogP contribution in [-0.4, -0.2) is 107 Å². The van der Waals surface area contributed by atoms with E-state index in [0.717, 1.165) is 5.56 Å². The molecule has 9 atom stereocenters. The molecule has 1 saturated heterocycles. The third-order valence-corrected chi connectivity index (χ3v) is 10.8. The van der Waals surface area contributed by atoms with E-state index in [1.54, 1.807) is 58.0 Å². The van der Waals surface area contributed by atoms with Crippen LogP contribution >= 0.6 is 0 Å². The average molecular weight is 857 g/mol. The van der Waals surface area contributed by atoms with Gasteiger partial charge < -0.3 is 53.2 Å². The van der Waals surface area contributed by atoms with Gasteiger partial charge in [-0.3, -0.25) is 33.6 Å². The number of aliphatic hydroxyl groups is 1. The van der Waals surface area contributed by atoms with E-state index >= 15 is 0 Å². The fourth-order valence-electron chi connectivity index (χ4n) is 6.83. The molecule has 0 aliphatic carbocycles. The first-order valence-electron chi connectivity index (χ1n) is 20.9. The first-order valence-corrected chi connectivity index (χ1v) is 20.9. The maximum absolute atomic E-state index is 14.3. The van der Waals surface area contributed by atoms with E-state index in [0.29, 0.717) is 17.5 Å². The van der Waals surface area contributed by atoms with Crippen LogP contribution in [0.25, 0.3) is 0 Å². The molecule has 1 heterocycles. The van der Waals surface area contributed by atoms with Gasteiger partial charge in [-0.2, -0.15) is 0 Å². The molecule has 11 N–H and O–H groups in total. The lowest BCUT2D eigenvalue weighted by Gasteiger charge is -2.31. The Kier molecular flexibility index (Phi) is 18.0. The number of amides is 7. The Balaban J connectivity index is 1.72. The predicted octanol–water partition coefficient (Wildman–Crippen LogP) is -0.131. The highest BCUT2D eigenvalue weighted by atomic mass is 16.3. The van der Waals surface area contributed by atoms with Crippen molar-refractivity contribution in [3.05, 3.63) is 102 Å². The van der Waals surface area contributed by atoms with Crippen LogP contribution in [0.15, 0.2) is 84.9 Å². The largest absolute Gasteiger partial charge is 0.508 e. The first kappa shape index (κ1) is 48.3. The molecule has 1 aliphatic heterocycles.